The highest BCUT2D eigenvalue weighted by atomic mass is 16.2. The standard InChI is InChI=1S/C13H25N3O3/c1-6-7-10(17)15(4)8-11(18)16(5)12(9(2)3)13(14)19/h9,12H,6-8H2,1-5H3,(H2,14,19)/t12-/m0/s1. The molecule has 0 radical (unpaired) electrons. The Balaban J connectivity index is 4.64. The second-order valence-corrected chi connectivity index (χ2v) is 5.10. The Kier molecular flexibility index (Phi) is 7.11. The first-order valence-electron chi connectivity index (χ1n) is 6.51. The van der Waals surface area contributed by atoms with Crippen LogP contribution in [0.1, 0.15) is 33.6 Å². The summed E-state index contributed by atoms with van der Waals surface area (Å²) in [5.74, 6) is -0.967. The van der Waals surface area contributed by atoms with Gasteiger partial charge in [-0.15, -0.1) is 0 Å². The lowest BCUT2D eigenvalue weighted by Gasteiger charge is -2.30. The van der Waals surface area contributed by atoms with E-state index in [0.29, 0.717) is 6.42 Å². The molecular weight excluding hydrogens is 246 g/mol. The van der Waals surface area contributed by atoms with Crippen molar-refractivity contribution in [2.24, 2.45) is 11.7 Å². The first kappa shape index (κ1) is 17.4. The second kappa shape index (κ2) is 7.76. The molecule has 0 aromatic carbocycles. The normalized spacial score (nSPS) is 12.1. The van der Waals surface area contributed by atoms with Gasteiger partial charge < -0.3 is 15.5 Å². The molecule has 0 aliphatic heterocycles. The van der Waals surface area contributed by atoms with Gasteiger partial charge in [0.15, 0.2) is 0 Å². The molecule has 0 aliphatic rings. The minimum absolute atomic E-state index is 0.0359. The maximum Gasteiger partial charge on any atom is 0.242 e. The molecule has 0 fully saturated rings. The zero-order chi connectivity index (χ0) is 15.2. The van der Waals surface area contributed by atoms with E-state index in [1.807, 2.05) is 20.8 Å². The van der Waals surface area contributed by atoms with E-state index in [-0.39, 0.29) is 24.3 Å². The van der Waals surface area contributed by atoms with Gasteiger partial charge in [-0.05, 0) is 12.3 Å². The van der Waals surface area contributed by atoms with E-state index in [1.54, 1.807) is 7.05 Å². The lowest BCUT2D eigenvalue weighted by molar-refractivity contribution is -0.143. The molecule has 0 saturated heterocycles. The molecule has 0 rings (SSSR count). The molecule has 0 unspecified atom stereocenters. The van der Waals surface area contributed by atoms with E-state index in [0.717, 1.165) is 6.42 Å². The van der Waals surface area contributed by atoms with Crippen LogP contribution >= 0.6 is 0 Å². The fraction of sp³-hybridized carbons (Fsp3) is 0.769. The zero-order valence-electron chi connectivity index (χ0n) is 12.5. The number of amides is 3. The highest BCUT2D eigenvalue weighted by Crippen LogP contribution is 2.09. The van der Waals surface area contributed by atoms with Crippen LogP contribution in [-0.2, 0) is 14.4 Å². The molecule has 0 heterocycles. The van der Waals surface area contributed by atoms with Crippen molar-refractivity contribution in [1.82, 2.24) is 9.80 Å². The summed E-state index contributed by atoms with van der Waals surface area (Å²) >= 11 is 0. The highest BCUT2D eigenvalue weighted by molar-refractivity contribution is 5.89. The number of hydrogen-bond donors (Lipinski definition) is 1. The molecule has 2 N–H and O–H groups in total. The Morgan fingerprint density at radius 1 is 1.11 bits per heavy atom. The van der Waals surface area contributed by atoms with E-state index in [9.17, 15) is 14.4 Å². The number of nitrogens with two attached hydrogens (primary N) is 1. The second-order valence-electron chi connectivity index (χ2n) is 5.10. The van der Waals surface area contributed by atoms with Crippen molar-refractivity contribution in [2.45, 2.75) is 39.7 Å². The molecule has 3 amide bonds. The maximum absolute atomic E-state index is 12.0. The number of rotatable bonds is 7. The summed E-state index contributed by atoms with van der Waals surface area (Å²) in [5.41, 5.74) is 5.30. The van der Waals surface area contributed by atoms with Crippen molar-refractivity contribution in [1.29, 1.82) is 0 Å². The minimum atomic E-state index is -0.651. The van der Waals surface area contributed by atoms with E-state index in [4.69, 9.17) is 5.73 Å². The minimum Gasteiger partial charge on any atom is -0.368 e. The molecular formula is C13H25N3O3. The number of nitrogens with zero attached hydrogens (tertiary/aromatic N) is 2. The summed E-state index contributed by atoms with van der Waals surface area (Å²) in [5, 5.41) is 0. The number of primary amides is 1. The van der Waals surface area contributed by atoms with Crippen molar-refractivity contribution in [2.75, 3.05) is 20.6 Å². The van der Waals surface area contributed by atoms with E-state index >= 15 is 0 Å². The number of carbonyl (C=O) groups is 3. The van der Waals surface area contributed by atoms with Crippen LogP contribution in [0.25, 0.3) is 0 Å². The quantitative estimate of drug-likeness (QED) is 0.718. The van der Waals surface area contributed by atoms with Crippen LogP contribution in [0.2, 0.25) is 0 Å². The molecule has 19 heavy (non-hydrogen) atoms. The molecule has 110 valence electrons. The fourth-order valence-corrected chi connectivity index (χ4v) is 1.93. The van der Waals surface area contributed by atoms with Gasteiger partial charge >= 0.3 is 0 Å². The van der Waals surface area contributed by atoms with Gasteiger partial charge in [0.05, 0.1) is 6.54 Å². The van der Waals surface area contributed by atoms with Crippen molar-refractivity contribution >= 4 is 17.7 Å². The van der Waals surface area contributed by atoms with Gasteiger partial charge in [-0.3, -0.25) is 14.4 Å². The van der Waals surface area contributed by atoms with Gasteiger partial charge in [0.25, 0.3) is 0 Å². The number of likely N-dealkylation sites (N-methyl/N-ethyl adjacent to an activating group) is 2. The average Bonchev–Trinajstić information content (AvgIpc) is 2.27. The van der Waals surface area contributed by atoms with E-state index in [2.05, 4.69) is 0 Å². The Morgan fingerprint density at radius 3 is 2.00 bits per heavy atom. The van der Waals surface area contributed by atoms with Crippen molar-refractivity contribution in [3.63, 3.8) is 0 Å². The lowest BCUT2D eigenvalue weighted by Crippen LogP contribution is -2.51. The summed E-state index contributed by atoms with van der Waals surface area (Å²) in [6, 6.07) is -0.651. The first-order valence-corrected chi connectivity index (χ1v) is 6.51. The van der Waals surface area contributed by atoms with Crippen LogP contribution in [0.15, 0.2) is 0 Å². The van der Waals surface area contributed by atoms with Crippen molar-refractivity contribution < 1.29 is 14.4 Å². The zero-order valence-corrected chi connectivity index (χ0v) is 12.5. The Morgan fingerprint density at radius 2 is 1.63 bits per heavy atom. The lowest BCUT2D eigenvalue weighted by atomic mass is 10.0. The third-order valence-electron chi connectivity index (χ3n) is 3.00. The van der Waals surface area contributed by atoms with Crippen LogP contribution in [-0.4, -0.2) is 54.2 Å². The van der Waals surface area contributed by atoms with Gasteiger partial charge in [-0.1, -0.05) is 20.8 Å². The van der Waals surface area contributed by atoms with Crippen LogP contribution in [0.3, 0.4) is 0 Å². The molecule has 6 heteroatoms. The molecule has 6 nitrogen and oxygen atoms in total. The summed E-state index contributed by atoms with van der Waals surface area (Å²) in [6.45, 7) is 5.52. The smallest absolute Gasteiger partial charge is 0.242 e. The average molecular weight is 271 g/mol. The maximum atomic E-state index is 12.0. The van der Waals surface area contributed by atoms with Gasteiger partial charge in [0.2, 0.25) is 17.7 Å². The monoisotopic (exact) mass is 271 g/mol. The third kappa shape index (κ3) is 5.28. The Labute approximate surface area is 114 Å². The van der Waals surface area contributed by atoms with Gasteiger partial charge in [-0.2, -0.15) is 0 Å². The van der Waals surface area contributed by atoms with Gasteiger partial charge in [-0.25, -0.2) is 0 Å². The number of carbonyl (C=O) groups excluding carboxylic acids is 3. The van der Waals surface area contributed by atoms with E-state index < -0.39 is 11.9 Å². The van der Waals surface area contributed by atoms with Crippen LogP contribution < -0.4 is 5.73 Å². The van der Waals surface area contributed by atoms with Crippen LogP contribution in [0.5, 0.6) is 0 Å². The van der Waals surface area contributed by atoms with Crippen LogP contribution in [0, 0.1) is 5.92 Å². The summed E-state index contributed by atoms with van der Waals surface area (Å²) in [4.78, 5) is 37.7. The molecule has 0 bridgehead atoms. The molecule has 0 aromatic rings. The van der Waals surface area contributed by atoms with Crippen molar-refractivity contribution in [3.8, 4) is 0 Å². The van der Waals surface area contributed by atoms with Crippen LogP contribution in [0.4, 0.5) is 0 Å². The molecule has 0 saturated carbocycles. The summed E-state index contributed by atoms with van der Waals surface area (Å²) in [7, 11) is 3.12. The van der Waals surface area contributed by atoms with Gasteiger partial charge in [0, 0.05) is 20.5 Å². The SMILES string of the molecule is CCCC(=O)N(C)CC(=O)N(C)[C@H](C(N)=O)C(C)C. The van der Waals surface area contributed by atoms with Crippen molar-refractivity contribution in [3.05, 3.63) is 0 Å². The predicted molar refractivity (Wildman–Crippen MR) is 73.1 cm³/mol. The largest absolute Gasteiger partial charge is 0.368 e. The summed E-state index contributed by atoms with van der Waals surface area (Å²) < 4.78 is 0. The fourth-order valence-electron chi connectivity index (χ4n) is 1.93. The molecule has 1 atom stereocenters. The third-order valence-corrected chi connectivity index (χ3v) is 3.00. The highest BCUT2D eigenvalue weighted by Gasteiger charge is 2.28. The topological polar surface area (TPSA) is 83.7 Å². The summed E-state index contributed by atoms with van der Waals surface area (Å²) in [6.07, 6.45) is 1.15. The predicted octanol–water partition coefficient (Wildman–Crippen LogP) is 0.213. The first-order chi connectivity index (χ1) is 8.72. The van der Waals surface area contributed by atoms with Gasteiger partial charge in [0.1, 0.15) is 6.04 Å². The number of hydrogen-bond acceptors (Lipinski definition) is 3. The molecule has 0 spiro atoms. The molecule has 0 aliphatic carbocycles. The molecule has 0 aromatic heterocycles. The Hall–Kier alpha value is -1.59. The Bertz CT molecular complexity index is 342. The van der Waals surface area contributed by atoms with E-state index in [1.165, 1.54) is 16.8 Å².